The number of aryl methyl sites for hydroxylation is 2. The molecule has 0 saturated carbocycles. The summed E-state index contributed by atoms with van der Waals surface area (Å²) in [5.74, 6) is 2.98. The van der Waals surface area contributed by atoms with Crippen molar-refractivity contribution in [1.29, 1.82) is 0 Å². The van der Waals surface area contributed by atoms with E-state index in [-0.39, 0.29) is 0 Å². The van der Waals surface area contributed by atoms with Gasteiger partial charge in [-0.05, 0) is 150 Å². The fourth-order valence-electron chi connectivity index (χ4n) is 12.0. The van der Waals surface area contributed by atoms with Crippen LogP contribution in [-0.2, 0) is 13.1 Å². The molecule has 13 heteroatoms. The van der Waals surface area contributed by atoms with Crippen LogP contribution in [0.2, 0.25) is 0 Å². The van der Waals surface area contributed by atoms with Crippen molar-refractivity contribution >= 4 is 67.6 Å². The largest absolute Gasteiger partial charge is 0.493 e. The van der Waals surface area contributed by atoms with Gasteiger partial charge in [0.2, 0.25) is 0 Å². The molecule has 12 aromatic rings. The zero-order chi connectivity index (χ0) is 62.2. The minimum absolute atomic E-state index is 0.379. The molecule has 0 aliphatic carbocycles. The molecule has 3 heterocycles. The number of anilines is 8. The number of hydrazine groups is 2. The quantitative estimate of drug-likeness (QED) is 0.0533. The minimum Gasteiger partial charge on any atom is -0.493 e. The molecule has 0 saturated heterocycles. The number of aromatic nitrogens is 6. The van der Waals surface area contributed by atoms with Crippen LogP contribution >= 0.6 is 0 Å². The van der Waals surface area contributed by atoms with Crippen molar-refractivity contribution in [3.05, 3.63) is 231 Å². The number of unbranched alkanes of at least 4 members (excludes halogenated alkanes) is 3. The molecular formula is C78H79N11O2. The van der Waals surface area contributed by atoms with Gasteiger partial charge in [0.15, 0.2) is 0 Å². The molecule has 2 aromatic heterocycles. The monoisotopic (exact) mass is 1200 g/mol. The number of rotatable bonds is 25. The lowest BCUT2D eigenvalue weighted by atomic mass is 9.93. The van der Waals surface area contributed by atoms with Crippen LogP contribution in [-0.4, -0.2) is 54.9 Å². The van der Waals surface area contributed by atoms with Gasteiger partial charge in [-0.1, -0.05) is 188 Å². The Morgan fingerprint density at radius 2 is 0.659 bits per heavy atom. The van der Waals surface area contributed by atoms with Crippen LogP contribution in [0.4, 0.5) is 45.5 Å². The van der Waals surface area contributed by atoms with E-state index in [1.54, 1.807) is 0 Å². The summed E-state index contributed by atoms with van der Waals surface area (Å²) in [6.45, 7) is 16.6. The summed E-state index contributed by atoms with van der Waals surface area (Å²) in [6, 6.07) is 81.0. The van der Waals surface area contributed by atoms with Crippen molar-refractivity contribution in [1.82, 2.24) is 35.1 Å². The van der Waals surface area contributed by atoms with Crippen LogP contribution in [0.25, 0.3) is 66.6 Å². The first-order valence-corrected chi connectivity index (χ1v) is 32.2. The molecule has 91 heavy (non-hydrogen) atoms. The summed E-state index contributed by atoms with van der Waals surface area (Å²) in [5, 5.41) is 23.5. The van der Waals surface area contributed by atoms with Gasteiger partial charge >= 0.3 is 0 Å². The van der Waals surface area contributed by atoms with Crippen molar-refractivity contribution in [3.63, 3.8) is 0 Å². The van der Waals surface area contributed by atoms with Gasteiger partial charge in [0, 0.05) is 62.9 Å². The van der Waals surface area contributed by atoms with Crippen molar-refractivity contribution in [3.8, 4) is 56.0 Å². The zero-order valence-electron chi connectivity index (χ0n) is 52.9. The first kappa shape index (κ1) is 59.7. The SMILES string of the molecule is CC(C)COc1ccc(-c2ccc(-c3ccc(OCC(C)C)cc3)c3nn(CCCCCCn4nc5c(-c6ccc(N(c7ccccc7)c7ccccc7)cc6)c6c(c(-c7ccc(N(c8ccccc8)c8ccccc8)cc7)c5n4)NN(CC(C)C)N6)nc23)cc1. The minimum atomic E-state index is 0.379. The molecule has 0 atom stereocenters. The maximum Gasteiger partial charge on any atom is 0.123 e. The summed E-state index contributed by atoms with van der Waals surface area (Å²) >= 11 is 0. The Morgan fingerprint density at radius 3 is 0.989 bits per heavy atom. The van der Waals surface area contributed by atoms with Crippen LogP contribution in [0.5, 0.6) is 11.5 Å². The molecule has 1 aliphatic heterocycles. The van der Waals surface area contributed by atoms with Crippen LogP contribution in [0.3, 0.4) is 0 Å². The van der Waals surface area contributed by atoms with Crippen molar-refractivity contribution < 1.29 is 9.47 Å². The van der Waals surface area contributed by atoms with Crippen LogP contribution < -0.4 is 30.1 Å². The first-order valence-electron chi connectivity index (χ1n) is 32.2. The maximum absolute atomic E-state index is 6.05. The molecule has 0 unspecified atom stereocenters. The molecule has 1 aliphatic rings. The predicted octanol–water partition coefficient (Wildman–Crippen LogP) is 19.7. The maximum atomic E-state index is 6.05. The van der Waals surface area contributed by atoms with Gasteiger partial charge in [-0.25, -0.2) is 0 Å². The third kappa shape index (κ3) is 13.4. The molecule has 10 aromatic carbocycles. The number of benzene rings is 10. The van der Waals surface area contributed by atoms with E-state index in [2.05, 4.69) is 298 Å². The predicted molar refractivity (Wildman–Crippen MR) is 374 cm³/mol. The van der Waals surface area contributed by atoms with Gasteiger partial charge in [-0.2, -0.15) is 30.0 Å². The fraction of sp³-hybridized carbons (Fsp3) is 0.231. The summed E-state index contributed by atoms with van der Waals surface area (Å²) in [4.78, 5) is 8.42. The number of fused-ring (bicyclic) bond motifs is 3. The third-order valence-electron chi connectivity index (χ3n) is 16.4. The van der Waals surface area contributed by atoms with Crippen LogP contribution in [0, 0.1) is 17.8 Å². The topological polar surface area (TPSA) is 114 Å². The molecule has 0 radical (unpaired) electrons. The van der Waals surface area contributed by atoms with Gasteiger partial charge in [-0.3, -0.25) is 10.9 Å². The Hall–Kier alpha value is -10.2. The lowest BCUT2D eigenvalue weighted by molar-refractivity contribution is 0.271. The second-order valence-corrected chi connectivity index (χ2v) is 24.9. The highest BCUT2D eigenvalue weighted by Crippen LogP contribution is 2.51. The number of hydrogen-bond acceptors (Lipinski definition) is 11. The summed E-state index contributed by atoms with van der Waals surface area (Å²) in [5.41, 5.74) is 27.8. The highest BCUT2D eigenvalue weighted by atomic mass is 16.5. The molecule has 13 nitrogen and oxygen atoms in total. The summed E-state index contributed by atoms with van der Waals surface area (Å²) < 4.78 is 12.1. The van der Waals surface area contributed by atoms with Gasteiger partial charge in [0.05, 0.1) is 37.7 Å². The van der Waals surface area contributed by atoms with E-state index in [0.717, 1.165) is 156 Å². The smallest absolute Gasteiger partial charge is 0.123 e. The van der Waals surface area contributed by atoms with Gasteiger partial charge in [-0.15, -0.1) is 5.12 Å². The molecule has 458 valence electrons. The van der Waals surface area contributed by atoms with Crippen molar-refractivity contribution in [2.24, 2.45) is 17.8 Å². The van der Waals surface area contributed by atoms with Crippen LogP contribution in [0.1, 0.15) is 67.2 Å². The van der Waals surface area contributed by atoms with E-state index < -0.39 is 0 Å². The molecule has 2 N–H and O–H groups in total. The van der Waals surface area contributed by atoms with Gasteiger partial charge in [0.1, 0.15) is 33.6 Å². The second-order valence-electron chi connectivity index (χ2n) is 24.9. The molecule has 0 bridgehead atoms. The molecule has 13 rings (SSSR count). The first-order chi connectivity index (χ1) is 44.6. The van der Waals surface area contributed by atoms with Crippen molar-refractivity contribution in [2.75, 3.05) is 40.4 Å². The number of nitrogens with zero attached hydrogens (tertiary/aromatic N) is 9. The second kappa shape index (κ2) is 27.2. The number of para-hydroxylation sites is 4. The molecule has 0 spiro atoms. The summed E-state index contributed by atoms with van der Waals surface area (Å²) in [7, 11) is 0. The molecule has 0 amide bonds. The van der Waals surface area contributed by atoms with Crippen molar-refractivity contribution in [2.45, 2.75) is 80.3 Å². The van der Waals surface area contributed by atoms with E-state index in [1.165, 1.54) is 0 Å². The number of hydrogen-bond donors (Lipinski definition) is 2. The lowest BCUT2D eigenvalue weighted by Gasteiger charge is -2.26. The third-order valence-corrected chi connectivity index (χ3v) is 16.4. The number of nitrogens with one attached hydrogen (secondary N) is 2. The molecular weight excluding hydrogens is 1120 g/mol. The van der Waals surface area contributed by atoms with E-state index in [0.29, 0.717) is 44.1 Å². The Kier molecular flexibility index (Phi) is 17.9. The van der Waals surface area contributed by atoms with E-state index in [4.69, 9.17) is 29.9 Å². The van der Waals surface area contributed by atoms with E-state index >= 15 is 0 Å². The average molecular weight is 1200 g/mol. The Balaban J connectivity index is 0.808. The Bertz CT molecular complexity index is 4000. The zero-order valence-corrected chi connectivity index (χ0v) is 52.9. The van der Waals surface area contributed by atoms with Gasteiger partial charge in [0.25, 0.3) is 0 Å². The van der Waals surface area contributed by atoms with Gasteiger partial charge < -0.3 is 19.3 Å². The average Bonchev–Trinajstić information content (AvgIpc) is 2.01. The lowest BCUT2D eigenvalue weighted by Crippen LogP contribution is -2.33. The van der Waals surface area contributed by atoms with Crippen LogP contribution in [0.15, 0.2) is 231 Å². The highest BCUT2D eigenvalue weighted by Gasteiger charge is 2.32. The standard InChI is InChI=1S/C78H79N11O2/c1-54(2)51-87-83-77-71(59-31-39-65(40-32-59)88(61-23-13-9-14-24-61)62-25-15-10-16-26-62)75-76(72(78(77)84-87)60-33-41-66(42-34-60)89(63-27-17-11-18-28-63)64-29-19-12-20-30-64)82-86(81-75)50-22-8-7-21-49-85-79-73-69(57-35-43-67(44-36-57)90-52-55(3)4)47-48-70(74(73)80-85)58-37-45-68(46-38-58)91-53-56(5)6/h9-20,23-48,54-56,83-84H,7-8,21-22,49-53H2,1-6H3. The number of ether oxygens (including phenoxy) is 2. The van der Waals surface area contributed by atoms with E-state index in [9.17, 15) is 0 Å². The summed E-state index contributed by atoms with van der Waals surface area (Å²) in [6.07, 6.45) is 3.78. The Morgan fingerprint density at radius 1 is 0.341 bits per heavy atom. The Labute approximate surface area is 534 Å². The highest BCUT2D eigenvalue weighted by molar-refractivity contribution is 6.14. The molecule has 0 fully saturated rings. The fourth-order valence-corrected chi connectivity index (χ4v) is 12.0. The van der Waals surface area contributed by atoms with E-state index in [1.807, 2.05) is 9.59 Å². The normalized spacial score (nSPS) is 12.2.